The molecule has 1 aliphatic rings. The predicted octanol–water partition coefficient (Wildman–Crippen LogP) is 3.20. The number of nitrogens with one attached hydrogen (secondary N) is 1. The first-order chi connectivity index (χ1) is 14.3. The minimum Gasteiger partial charge on any atom is -0.497 e. The van der Waals surface area contributed by atoms with Crippen LogP contribution in [0.4, 0.5) is 5.82 Å². The van der Waals surface area contributed by atoms with Crippen LogP contribution in [0.25, 0.3) is 22.0 Å². The largest absolute Gasteiger partial charge is 0.497 e. The first-order valence-corrected chi connectivity index (χ1v) is 9.70. The van der Waals surface area contributed by atoms with Gasteiger partial charge in [0, 0.05) is 19.0 Å². The second-order valence-electron chi connectivity index (χ2n) is 7.20. The number of hydrogen-bond acceptors (Lipinski definition) is 7. The van der Waals surface area contributed by atoms with E-state index in [1.807, 2.05) is 24.3 Å². The molecule has 1 fully saturated rings. The van der Waals surface area contributed by atoms with Crippen LogP contribution >= 0.6 is 0 Å². The Labute approximate surface area is 167 Å². The highest BCUT2D eigenvalue weighted by Gasteiger charge is 2.26. The molecule has 1 N–H and O–H groups in total. The van der Waals surface area contributed by atoms with E-state index in [9.17, 15) is 0 Å². The van der Waals surface area contributed by atoms with Crippen LogP contribution in [0.1, 0.15) is 24.6 Å². The van der Waals surface area contributed by atoms with Crippen LogP contribution in [0.5, 0.6) is 5.75 Å². The van der Waals surface area contributed by atoms with Gasteiger partial charge in [-0.1, -0.05) is 24.3 Å². The lowest BCUT2D eigenvalue weighted by molar-refractivity contribution is 0.415. The van der Waals surface area contributed by atoms with Crippen LogP contribution in [0, 0.1) is 0 Å². The van der Waals surface area contributed by atoms with Crippen molar-refractivity contribution in [2.24, 2.45) is 0 Å². The van der Waals surface area contributed by atoms with Gasteiger partial charge in [0.1, 0.15) is 17.9 Å². The molecule has 5 rings (SSSR count). The molecular weight excluding hydrogens is 366 g/mol. The number of nitrogens with zero attached hydrogens (tertiary/aromatic N) is 6. The predicted molar refractivity (Wildman–Crippen MR) is 110 cm³/mol. The summed E-state index contributed by atoms with van der Waals surface area (Å²) in [6, 6.07) is 14.3. The average Bonchev–Trinajstić information content (AvgIpc) is 3.34. The van der Waals surface area contributed by atoms with Crippen molar-refractivity contribution in [3.8, 4) is 16.9 Å². The Bertz CT molecular complexity index is 1110. The van der Waals surface area contributed by atoms with Crippen LogP contribution in [0.3, 0.4) is 0 Å². The van der Waals surface area contributed by atoms with E-state index < -0.39 is 0 Å². The molecule has 0 radical (unpaired) electrons. The molecule has 3 heterocycles. The zero-order chi connectivity index (χ0) is 19.6. The van der Waals surface area contributed by atoms with Crippen LogP contribution in [0.15, 0.2) is 48.8 Å². The van der Waals surface area contributed by atoms with E-state index in [-0.39, 0.29) is 5.92 Å². The van der Waals surface area contributed by atoms with E-state index >= 15 is 0 Å². The number of fused-ring (bicyclic) bond motifs is 1. The molecule has 146 valence electrons. The van der Waals surface area contributed by atoms with Crippen LogP contribution < -0.4 is 9.64 Å². The summed E-state index contributed by atoms with van der Waals surface area (Å²) in [4.78, 5) is 11.5. The topological polar surface area (TPSA) is 92.7 Å². The number of ether oxygens (including phenoxy) is 1. The summed E-state index contributed by atoms with van der Waals surface area (Å²) in [5.41, 5.74) is 3.16. The van der Waals surface area contributed by atoms with Crippen molar-refractivity contribution < 1.29 is 4.74 Å². The zero-order valence-corrected chi connectivity index (χ0v) is 16.1. The minimum atomic E-state index is 0.261. The van der Waals surface area contributed by atoms with Crippen molar-refractivity contribution in [3.63, 3.8) is 0 Å². The fourth-order valence-electron chi connectivity index (χ4n) is 4.08. The van der Waals surface area contributed by atoms with Gasteiger partial charge >= 0.3 is 0 Å². The molecule has 0 amide bonds. The van der Waals surface area contributed by atoms with Crippen molar-refractivity contribution >= 4 is 16.7 Å². The number of H-pyrrole nitrogens is 1. The number of methoxy groups -OCH3 is 1. The van der Waals surface area contributed by atoms with Crippen molar-refractivity contribution in [2.45, 2.75) is 18.8 Å². The van der Waals surface area contributed by atoms with Crippen molar-refractivity contribution in [1.82, 2.24) is 30.6 Å². The second-order valence-corrected chi connectivity index (χ2v) is 7.20. The Morgan fingerprint density at radius 3 is 2.79 bits per heavy atom. The number of piperidine rings is 1. The number of rotatable bonds is 4. The van der Waals surface area contributed by atoms with Gasteiger partial charge in [-0.15, -0.1) is 5.10 Å². The third kappa shape index (κ3) is 3.26. The molecule has 0 bridgehead atoms. The molecule has 1 aliphatic heterocycles. The van der Waals surface area contributed by atoms with Gasteiger partial charge in [-0.3, -0.25) is 0 Å². The normalized spacial score (nSPS) is 16.9. The molecule has 0 saturated carbocycles. The summed E-state index contributed by atoms with van der Waals surface area (Å²) in [5.74, 6) is 2.89. The quantitative estimate of drug-likeness (QED) is 0.575. The van der Waals surface area contributed by atoms with E-state index in [2.05, 4.69) is 48.7 Å². The summed E-state index contributed by atoms with van der Waals surface area (Å²) in [5, 5.41) is 15.6. The molecule has 2 aromatic carbocycles. The molecule has 4 aromatic rings. The number of hydrogen-bond donors (Lipinski definition) is 1. The van der Waals surface area contributed by atoms with E-state index in [0.29, 0.717) is 0 Å². The van der Waals surface area contributed by atoms with Gasteiger partial charge in [-0.25, -0.2) is 15.1 Å². The Morgan fingerprint density at radius 1 is 1.10 bits per heavy atom. The molecule has 1 atom stereocenters. The van der Waals surface area contributed by atoms with E-state index in [0.717, 1.165) is 65.4 Å². The molecule has 1 saturated heterocycles. The summed E-state index contributed by atoms with van der Waals surface area (Å²) in [7, 11) is 1.68. The maximum absolute atomic E-state index is 5.31. The lowest BCUT2D eigenvalue weighted by Gasteiger charge is -2.33. The van der Waals surface area contributed by atoms with Gasteiger partial charge in [-0.2, -0.15) is 0 Å². The molecule has 0 aliphatic carbocycles. The Hall–Kier alpha value is -3.55. The third-order valence-corrected chi connectivity index (χ3v) is 5.51. The molecule has 1 unspecified atom stereocenters. The fourth-order valence-corrected chi connectivity index (χ4v) is 4.08. The van der Waals surface area contributed by atoms with E-state index in [1.165, 1.54) is 0 Å². The van der Waals surface area contributed by atoms with Crippen molar-refractivity contribution in [2.75, 3.05) is 25.1 Å². The maximum atomic E-state index is 5.31. The smallest absolute Gasteiger partial charge is 0.153 e. The van der Waals surface area contributed by atoms with Gasteiger partial charge < -0.3 is 9.64 Å². The van der Waals surface area contributed by atoms with Crippen LogP contribution in [-0.2, 0) is 0 Å². The standard InChI is InChI=1S/C21H21N7O/c1-29-16-9-7-14(8-10-16)17-5-2-6-18-19(17)21(23-13-22-18)28-11-3-4-15(12-28)20-24-26-27-25-20/h2,5-10,13,15H,3-4,11-12H2,1H3,(H,24,25,26,27). The first kappa shape index (κ1) is 17.5. The van der Waals surface area contributed by atoms with Gasteiger partial charge in [0.05, 0.1) is 18.0 Å². The van der Waals surface area contributed by atoms with Gasteiger partial charge in [0.25, 0.3) is 0 Å². The Kier molecular flexibility index (Phi) is 4.51. The zero-order valence-electron chi connectivity index (χ0n) is 16.1. The molecule has 8 nitrogen and oxygen atoms in total. The minimum absolute atomic E-state index is 0.261. The highest BCUT2D eigenvalue weighted by Crippen LogP contribution is 2.36. The number of aromatic amines is 1. The second kappa shape index (κ2) is 7.46. The van der Waals surface area contributed by atoms with E-state index in [1.54, 1.807) is 13.4 Å². The molecular formula is C21H21N7O. The van der Waals surface area contributed by atoms with Crippen LogP contribution in [-0.4, -0.2) is 50.8 Å². The third-order valence-electron chi connectivity index (χ3n) is 5.51. The molecule has 8 heteroatoms. The summed E-state index contributed by atoms with van der Waals surface area (Å²) >= 11 is 0. The summed E-state index contributed by atoms with van der Waals surface area (Å²) in [6.45, 7) is 1.76. The first-order valence-electron chi connectivity index (χ1n) is 9.70. The summed E-state index contributed by atoms with van der Waals surface area (Å²) in [6.07, 6.45) is 3.76. The van der Waals surface area contributed by atoms with Crippen LogP contribution in [0.2, 0.25) is 0 Å². The highest BCUT2D eigenvalue weighted by atomic mass is 16.5. The lowest BCUT2D eigenvalue weighted by atomic mass is 9.96. The number of benzene rings is 2. The number of aromatic nitrogens is 6. The highest BCUT2D eigenvalue weighted by molar-refractivity contribution is 6.02. The van der Waals surface area contributed by atoms with Gasteiger partial charge in [0.15, 0.2) is 5.82 Å². The van der Waals surface area contributed by atoms with Gasteiger partial charge in [-0.05, 0) is 52.6 Å². The average molecular weight is 387 g/mol. The SMILES string of the molecule is COc1ccc(-c2cccc3ncnc(N4CCCC(c5nnn[nH]5)C4)c23)cc1. The fraction of sp³-hybridized carbons (Fsp3) is 0.286. The molecule has 2 aromatic heterocycles. The van der Waals surface area contributed by atoms with E-state index in [4.69, 9.17) is 9.72 Å². The van der Waals surface area contributed by atoms with Crippen molar-refractivity contribution in [1.29, 1.82) is 0 Å². The summed E-state index contributed by atoms with van der Waals surface area (Å²) < 4.78 is 5.31. The monoisotopic (exact) mass is 387 g/mol. The molecule has 29 heavy (non-hydrogen) atoms. The van der Waals surface area contributed by atoms with Gasteiger partial charge in [0.2, 0.25) is 0 Å². The number of anilines is 1. The maximum Gasteiger partial charge on any atom is 0.153 e. The number of tetrazole rings is 1. The van der Waals surface area contributed by atoms with Crippen molar-refractivity contribution in [3.05, 3.63) is 54.6 Å². The lowest BCUT2D eigenvalue weighted by Crippen LogP contribution is -2.35. The Morgan fingerprint density at radius 2 is 2.00 bits per heavy atom. The molecule has 0 spiro atoms. The Balaban J connectivity index is 1.58.